The average molecular weight is 560 g/mol. The van der Waals surface area contributed by atoms with Gasteiger partial charge >= 0.3 is 6.36 Å². The lowest BCUT2D eigenvalue weighted by atomic mass is 10.1. The lowest BCUT2D eigenvalue weighted by Crippen LogP contribution is -2.18. The van der Waals surface area contributed by atoms with E-state index in [4.69, 9.17) is 0 Å². The number of unbranched alkanes of at least 4 members (excludes halogenated alkanes) is 1. The van der Waals surface area contributed by atoms with Gasteiger partial charge in [0.25, 0.3) is 0 Å². The largest absolute Gasteiger partial charge is 0.573 e. The van der Waals surface area contributed by atoms with E-state index in [1.807, 2.05) is 6.07 Å². The molecule has 3 heterocycles. The van der Waals surface area contributed by atoms with Crippen LogP contribution in [0.25, 0.3) is 0 Å². The third kappa shape index (κ3) is 9.48. The van der Waals surface area contributed by atoms with Crippen LogP contribution >= 0.6 is 11.3 Å². The molecule has 39 heavy (non-hydrogen) atoms. The molecule has 204 valence electrons. The molecule has 0 fully saturated rings. The number of nitrogens with one attached hydrogen (secondary N) is 2. The van der Waals surface area contributed by atoms with Crippen LogP contribution in [0.15, 0.2) is 61.1 Å². The van der Waals surface area contributed by atoms with Gasteiger partial charge in [0.1, 0.15) is 23.1 Å². The molecule has 0 bridgehead atoms. The second-order valence-electron chi connectivity index (χ2n) is 8.43. The number of alkyl halides is 3. The molecule has 0 atom stereocenters. The van der Waals surface area contributed by atoms with Gasteiger partial charge < -0.3 is 10.1 Å². The van der Waals surface area contributed by atoms with E-state index in [0.717, 1.165) is 36.3 Å². The van der Waals surface area contributed by atoms with Crippen LogP contribution in [0.2, 0.25) is 0 Å². The Bertz CT molecular complexity index is 1380. The van der Waals surface area contributed by atoms with Gasteiger partial charge in [-0.3, -0.25) is 19.6 Å². The van der Waals surface area contributed by atoms with Gasteiger partial charge in [-0.1, -0.05) is 29.5 Å². The Morgan fingerprint density at radius 2 is 1.82 bits per heavy atom. The summed E-state index contributed by atoms with van der Waals surface area (Å²) >= 11 is 1.34. The van der Waals surface area contributed by atoms with E-state index in [2.05, 4.69) is 35.7 Å². The number of rotatable bonds is 12. The number of carbonyl (C=O) groups is 2. The molecular formula is C25H24F3N7O3S. The van der Waals surface area contributed by atoms with Crippen LogP contribution in [0.1, 0.15) is 29.0 Å². The minimum absolute atomic E-state index is 0.104. The molecule has 4 rings (SSSR count). The maximum atomic E-state index is 12.4. The van der Waals surface area contributed by atoms with Crippen molar-refractivity contribution in [2.75, 3.05) is 10.6 Å². The Morgan fingerprint density at radius 1 is 0.974 bits per heavy atom. The molecule has 10 nitrogen and oxygen atoms in total. The van der Waals surface area contributed by atoms with Crippen molar-refractivity contribution in [1.29, 1.82) is 0 Å². The van der Waals surface area contributed by atoms with Crippen LogP contribution in [0.3, 0.4) is 0 Å². The second kappa shape index (κ2) is 13.0. The molecule has 0 radical (unpaired) electrons. The fourth-order valence-electron chi connectivity index (χ4n) is 3.58. The molecule has 0 aliphatic carbocycles. The zero-order valence-electron chi connectivity index (χ0n) is 20.5. The highest BCUT2D eigenvalue weighted by Crippen LogP contribution is 2.23. The van der Waals surface area contributed by atoms with Crippen LogP contribution in [-0.4, -0.2) is 43.1 Å². The van der Waals surface area contributed by atoms with Crippen LogP contribution in [-0.2, 0) is 35.4 Å². The van der Waals surface area contributed by atoms with Crippen molar-refractivity contribution in [1.82, 2.24) is 25.0 Å². The van der Waals surface area contributed by atoms with E-state index in [-0.39, 0.29) is 24.6 Å². The summed E-state index contributed by atoms with van der Waals surface area (Å²) in [6, 6.07) is 10.6. The maximum absolute atomic E-state index is 12.4. The highest BCUT2D eigenvalue weighted by atomic mass is 32.1. The number of anilines is 2. The molecule has 4 aromatic rings. The van der Waals surface area contributed by atoms with Gasteiger partial charge in [0.2, 0.25) is 16.9 Å². The summed E-state index contributed by atoms with van der Waals surface area (Å²) in [6.45, 7) is 0.104. The Morgan fingerprint density at radius 3 is 2.56 bits per heavy atom. The van der Waals surface area contributed by atoms with E-state index in [1.54, 1.807) is 36.8 Å². The summed E-state index contributed by atoms with van der Waals surface area (Å²) in [5.41, 5.74) is 1.37. The highest BCUT2D eigenvalue weighted by Gasteiger charge is 2.31. The number of aromatic nitrogens is 5. The van der Waals surface area contributed by atoms with Gasteiger partial charge in [0.15, 0.2) is 0 Å². The first kappa shape index (κ1) is 27.7. The van der Waals surface area contributed by atoms with Crippen molar-refractivity contribution in [2.24, 2.45) is 0 Å². The summed E-state index contributed by atoms with van der Waals surface area (Å²) in [5, 5.41) is 18.8. The fourth-order valence-corrected chi connectivity index (χ4v) is 4.38. The number of hydrogen-bond acceptors (Lipinski definition) is 8. The molecule has 2 amide bonds. The quantitative estimate of drug-likeness (QED) is 0.246. The first-order valence-electron chi connectivity index (χ1n) is 11.9. The number of carbonyl (C=O) groups excluding carboxylic acids is 2. The lowest BCUT2D eigenvalue weighted by Gasteiger charge is -2.10. The van der Waals surface area contributed by atoms with Gasteiger partial charge in [-0.2, -0.15) is 5.10 Å². The van der Waals surface area contributed by atoms with Crippen LogP contribution in [0, 0.1) is 0 Å². The number of nitrogens with zero attached hydrogens (tertiary/aromatic N) is 5. The lowest BCUT2D eigenvalue weighted by molar-refractivity contribution is -0.274. The number of amides is 2. The van der Waals surface area contributed by atoms with Gasteiger partial charge in [-0.15, -0.1) is 23.4 Å². The molecule has 0 spiro atoms. The minimum atomic E-state index is -4.80. The molecule has 0 aliphatic rings. The predicted octanol–water partition coefficient (Wildman–Crippen LogP) is 4.41. The Balaban J connectivity index is 1.15. The van der Waals surface area contributed by atoms with Crippen LogP contribution in [0.5, 0.6) is 5.75 Å². The van der Waals surface area contributed by atoms with Crippen molar-refractivity contribution >= 4 is 34.1 Å². The fraction of sp³-hybridized carbons (Fsp3) is 0.280. The highest BCUT2D eigenvalue weighted by molar-refractivity contribution is 7.15. The zero-order valence-corrected chi connectivity index (χ0v) is 21.3. The van der Waals surface area contributed by atoms with Crippen molar-refractivity contribution < 1.29 is 27.5 Å². The van der Waals surface area contributed by atoms with Gasteiger partial charge in [0, 0.05) is 25.0 Å². The second-order valence-corrected chi connectivity index (χ2v) is 9.49. The number of aryl methyl sites for hydroxylation is 2. The van der Waals surface area contributed by atoms with Gasteiger partial charge in [-0.25, -0.2) is 4.98 Å². The minimum Gasteiger partial charge on any atom is -0.406 e. The Kier molecular flexibility index (Phi) is 9.20. The molecule has 2 N–H and O–H groups in total. The third-order valence-electron chi connectivity index (χ3n) is 5.27. The van der Waals surface area contributed by atoms with Crippen molar-refractivity contribution in [3.63, 3.8) is 0 Å². The first-order valence-corrected chi connectivity index (χ1v) is 12.7. The predicted molar refractivity (Wildman–Crippen MR) is 137 cm³/mol. The standard InChI is InChI=1S/C25H24F3N7O3S/c26-25(27,28)38-19-7-3-6-18(13-19)14-21(36)31-20-10-9-17(15-29-20)5-1-2-8-23-33-34-24(39-23)32-22(37)16-35-12-4-11-30-35/h3-4,6-7,9-13,15H,1-2,5,8,14,16H2,(H,29,31,36)(H,32,34,37). The van der Waals surface area contributed by atoms with Gasteiger partial charge in [0.05, 0.1) is 6.42 Å². The van der Waals surface area contributed by atoms with E-state index in [1.165, 1.54) is 34.2 Å². The Labute approximate surface area is 225 Å². The number of pyridine rings is 1. The summed E-state index contributed by atoms with van der Waals surface area (Å²) in [6.07, 6.45) is 3.30. The number of ether oxygens (including phenoxy) is 1. The van der Waals surface area contributed by atoms with Crippen LogP contribution in [0.4, 0.5) is 24.1 Å². The molecule has 0 saturated carbocycles. The molecule has 0 aliphatic heterocycles. The zero-order chi connectivity index (χ0) is 27.7. The maximum Gasteiger partial charge on any atom is 0.573 e. The van der Waals surface area contributed by atoms with E-state index in [0.29, 0.717) is 16.5 Å². The third-order valence-corrected chi connectivity index (χ3v) is 6.17. The molecule has 0 saturated heterocycles. The van der Waals surface area contributed by atoms with Crippen molar-refractivity contribution in [3.05, 3.63) is 77.2 Å². The summed E-state index contributed by atoms with van der Waals surface area (Å²) in [5.74, 6) is -0.663. The molecular weight excluding hydrogens is 535 g/mol. The monoisotopic (exact) mass is 559 g/mol. The summed E-state index contributed by atoms with van der Waals surface area (Å²) < 4.78 is 42.6. The van der Waals surface area contributed by atoms with Crippen LogP contribution < -0.4 is 15.4 Å². The van der Waals surface area contributed by atoms with Crippen molar-refractivity contribution in [3.8, 4) is 5.75 Å². The van der Waals surface area contributed by atoms with Gasteiger partial charge in [-0.05, 0) is 54.7 Å². The normalized spacial score (nSPS) is 11.3. The first-order chi connectivity index (χ1) is 18.7. The topological polar surface area (TPSA) is 124 Å². The number of benzene rings is 1. The molecule has 14 heteroatoms. The summed E-state index contributed by atoms with van der Waals surface area (Å²) in [7, 11) is 0. The number of halogens is 3. The molecule has 3 aromatic heterocycles. The van der Waals surface area contributed by atoms with Crippen molar-refractivity contribution in [2.45, 2.75) is 45.0 Å². The molecule has 0 unspecified atom stereocenters. The SMILES string of the molecule is O=C(Cc1cccc(OC(F)(F)F)c1)Nc1ccc(CCCCc2nnc(NC(=O)Cn3cccn3)s2)cn1. The van der Waals surface area contributed by atoms with E-state index < -0.39 is 12.3 Å². The van der Waals surface area contributed by atoms with E-state index in [9.17, 15) is 22.8 Å². The Hall–Kier alpha value is -4.33. The molecule has 1 aromatic carbocycles. The number of hydrogen-bond donors (Lipinski definition) is 2. The average Bonchev–Trinajstić information content (AvgIpc) is 3.54. The smallest absolute Gasteiger partial charge is 0.406 e. The van der Waals surface area contributed by atoms with E-state index >= 15 is 0 Å². The summed E-state index contributed by atoms with van der Waals surface area (Å²) in [4.78, 5) is 28.6.